The van der Waals surface area contributed by atoms with Crippen molar-refractivity contribution in [3.05, 3.63) is 12.0 Å². The van der Waals surface area contributed by atoms with Crippen LogP contribution in [-0.4, -0.2) is 44.3 Å². The first-order chi connectivity index (χ1) is 9.74. The zero-order valence-electron chi connectivity index (χ0n) is 12.0. The van der Waals surface area contributed by atoms with Crippen LogP contribution >= 0.6 is 0 Å². The molecule has 106 valence electrons. The van der Waals surface area contributed by atoms with Crippen LogP contribution in [0.5, 0.6) is 0 Å². The lowest BCUT2D eigenvalue weighted by Gasteiger charge is -2.25. The maximum atomic E-state index is 4.70. The number of aromatic nitrogens is 4. The van der Waals surface area contributed by atoms with E-state index in [1.54, 1.807) is 0 Å². The molecule has 2 bridgehead atoms. The molecule has 2 unspecified atom stereocenters. The fourth-order valence-electron chi connectivity index (χ4n) is 3.73. The van der Waals surface area contributed by atoms with Crippen LogP contribution in [0.3, 0.4) is 0 Å². The highest BCUT2D eigenvalue weighted by Gasteiger charge is 2.37. The fourth-order valence-corrected chi connectivity index (χ4v) is 3.73. The predicted molar refractivity (Wildman–Crippen MR) is 77.4 cm³/mol. The van der Waals surface area contributed by atoms with Crippen LogP contribution in [0.15, 0.2) is 6.20 Å². The molecule has 0 spiro atoms. The van der Waals surface area contributed by atoms with Crippen molar-refractivity contribution in [2.75, 3.05) is 18.9 Å². The van der Waals surface area contributed by atoms with Crippen molar-refractivity contribution in [3.63, 3.8) is 0 Å². The SMILES string of the molecule is CNc1nc(CN2CC3CCC2C3)nc2c1cnn2C. The Bertz CT molecular complexity index is 648. The molecule has 1 N–H and O–H groups in total. The average Bonchev–Trinajstić information content (AvgIpc) is 3.15. The van der Waals surface area contributed by atoms with Crippen molar-refractivity contribution >= 4 is 16.9 Å². The van der Waals surface area contributed by atoms with Gasteiger partial charge in [0, 0.05) is 26.7 Å². The average molecular weight is 272 g/mol. The van der Waals surface area contributed by atoms with Crippen LogP contribution in [0, 0.1) is 5.92 Å². The Morgan fingerprint density at radius 2 is 2.25 bits per heavy atom. The number of nitrogens with zero attached hydrogens (tertiary/aromatic N) is 5. The second kappa shape index (κ2) is 4.41. The first-order valence-corrected chi connectivity index (χ1v) is 7.35. The van der Waals surface area contributed by atoms with Gasteiger partial charge in [-0.1, -0.05) is 0 Å². The van der Waals surface area contributed by atoms with E-state index in [9.17, 15) is 0 Å². The molecule has 0 amide bonds. The van der Waals surface area contributed by atoms with Crippen molar-refractivity contribution in [2.24, 2.45) is 13.0 Å². The van der Waals surface area contributed by atoms with E-state index in [4.69, 9.17) is 4.98 Å². The highest BCUT2D eigenvalue weighted by atomic mass is 15.3. The summed E-state index contributed by atoms with van der Waals surface area (Å²) in [5.74, 6) is 2.68. The van der Waals surface area contributed by atoms with Gasteiger partial charge in [-0.25, -0.2) is 9.97 Å². The van der Waals surface area contributed by atoms with Crippen LogP contribution < -0.4 is 5.32 Å². The van der Waals surface area contributed by atoms with Crippen molar-refractivity contribution in [3.8, 4) is 0 Å². The molecule has 1 saturated heterocycles. The Labute approximate surface area is 118 Å². The van der Waals surface area contributed by atoms with Gasteiger partial charge in [0.25, 0.3) is 0 Å². The first-order valence-electron chi connectivity index (χ1n) is 7.35. The summed E-state index contributed by atoms with van der Waals surface area (Å²) in [6.07, 6.45) is 5.94. The maximum absolute atomic E-state index is 4.70. The van der Waals surface area contributed by atoms with Gasteiger partial charge >= 0.3 is 0 Å². The van der Waals surface area contributed by atoms with Crippen molar-refractivity contribution < 1.29 is 0 Å². The number of piperidine rings is 1. The minimum atomic E-state index is 0.754. The second-order valence-corrected chi connectivity index (χ2v) is 6.01. The monoisotopic (exact) mass is 272 g/mol. The number of rotatable bonds is 3. The third kappa shape index (κ3) is 1.78. The van der Waals surface area contributed by atoms with E-state index in [1.165, 1.54) is 25.8 Å². The fraction of sp³-hybridized carbons (Fsp3) is 0.643. The number of hydrogen-bond donors (Lipinski definition) is 1. The Balaban J connectivity index is 1.67. The highest BCUT2D eigenvalue weighted by molar-refractivity contribution is 5.86. The molecular weight excluding hydrogens is 252 g/mol. The summed E-state index contributed by atoms with van der Waals surface area (Å²) in [5.41, 5.74) is 0.906. The van der Waals surface area contributed by atoms with Crippen LogP contribution in [-0.2, 0) is 13.6 Å². The van der Waals surface area contributed by atoms with Gasteiger partial charge in [-0.2, -0.15) is 5.10 Å². The predicted octanol–water partition coefficient (Wildman–Crippen LogP) is 1.39. The smallest absolute Gasteiger partial charge is 0.163 e. The summed E-state index contributed by atoms with van der Waals surface area (Å²) in [6, 6.07) is 0.754. The van der Waals surface area contributed by atoms with Crippen LogP contribution in [0.1, 0.15) is 25.1 Å². The Kier molecular flexibility index (Phi) is 2.66. The Hall–Kier alpha value is -1.69. The molecule has 1 aliphatic heterocycles. The lowest BCUT2D eigenvalue weighted by molar-refractivity contribution is 0.201. The third-order valence-electron chi connectivity index (χ3n) is 4.74. The van der Waals surface area contributed by atoms with Crippen LogP contribution in [0.25, 0.3) is 11.0 Å². The molecule has 2 fully saturated rings. The van der Waals surface area contributed by atoms with Gasteiger partial charge < -0.3 is 5.32 Å². The number of fused-ring (bicyclic) bond motifs is 3. The minimum Gasteiger partial charge on any atom is -0.372 e. The molecule has 2 aliphatic rings. The van der Waals surface area contributed by atoms with Crippen molar-refractivity contribution in [1.29, 1.82) is 0 Å². The topological polar surface area (TPSA) is 58.9 Å². The molecule has 2 aromatic heterocycles. The largest absolute Gasteiger partial charge is 0.372 e. The van der Waals surface area contributed by atoms with Gasteiger partial charge in [0.2, 0.25) is 0 Å². The van der Waals surface area contributed by atoms with Gasteiger partial charge in [0.15, 0.2) is 5.65 Å². The van der Waals surface area contributed by atoms with E-state index < -0.39 is 0 Å². The normalized spacial score (nSPS) is 25.7. The molecule has 0 aromatic carbocycles. The molecule has 6 heteroatoms. The number of anilines is 1. The van der Waals surface area contributed by atoms with Gasteiger partial charge in [-0.3, -0.25) is 9.58 Å². The van der Waals surface area contributed by atoms with Gasteiger partial charge in [0.05, 0.1) is 18.1 Å². The van der Waals surface area contributed by atoms with Crippen molar-refractivity contribution in [1.82, 2.24) is 24.6 Å². The Morgan fingerprint density at radius 3 is 2.95 bits per heavy atom. The molecule has 6 nitrogen and oxygen atoms in total. The van der Waals surface area contributed by atoms with Gasteiger partial charge in [-0.15, -0.1) is 0 Å². The summed E-state index contributed by atoms with van der Waals surface area (Å²) >= 11 is 0. The summed E-state index contributed by atoms with van der Waals surface area (Å²) in [5, 5.41) is 8.42. The lowest BCUT2D eigenvalue weighted by Crippen LogP contribution is -2.32. The molecular formula is C14H20N6. The summed E-state index contributed by atoms with van der Waals surface area (Å²) < 4.78 is 1.82. The van der Waals surface area contributed by atoms with Crippen LogP contribution in [0.2, 0.25) is 0 Å². The molecule has 1 aliphatic carbocycles. The standard InChI is InChI=1S/C14H20N6/c1-15-13-11-6-16-19(2)14(11)18-12(17-13)8-20-7-9-3-4-10(20)5-9/h6,9-10H,3-5,7-8H2,1-2H3,(H,15,17,18). The number of aryl methyl sites for hydroxylation is 1. The van der Waals surface area contributed by atoms with Crippen molar-refractivity contribution in [2.45, 2.75) is 31.8 Å². The molecule has 0 radical (unpaired) electrons. The second-order valence-electron chi connectivity index (χ2n) is 6.01. The van der Waals surface area contributed by atoms with Gasteiger partial charge in [-0.05, 0) is 25.2 Å². The van der Waals surface area contributed by atoms with E-state index in [2.05, 4.69) is 20.3 Å². The third-order valence-corrected chi connectivity index (χ3v) is 4.74. The summed E-state index contributed by atoms with van der Waals surface area (Å²) in [4.78, 5) is 11.9. The lowest BCUT2D eigenvalue weighted by atomic mass is 10.1. The zero-order valence-corrected chi connectivity index (χ0v) is 12.0. The van der Waals surface area contributed by atoms with E-state index in [-0.39, 0.29) is 0 Å². The minimum absolute atomic E-state index is 0.754. The van der Waals surface area contributed by atoms with E-state index in [0.717, 1.165) is 41.2 Å². The number of nitrogens with one attached hydrogen (secondary N) is 1. The molecule has 4 rings (SSSR count). The van der Waals surface area contributed by atoms with Crippen LogP contribution in [0.4, 0.5) is 5.82 Å². The first kappa shape index (κ1) is 12.1. The summed E-state index contributed by atoms with van der Waals surface area (Å²) in [7, 11) is 3.83. The molecule has 2 atom stereocenters. The molecule has 2 aromatic rings. The molecule has 20 heavy (non-hydrogen) atoms. The zero-order chi connectivity index (χ0) is 13.7. The number of hydrogen-bond acceptors (Lipinski definition) is 5. The quantitative estimate of drug-likeness (QED) is 0.915. The number of likely N-dealkylation sites (tertiary alicyclic amines) is 1. The van der Waals surface area contributed by atoms with Gasteiger partial charge in [0.1, 0.15) is 11.6 Å². The Morgan fingerprint density at radius 1 is 1.35 bits per heavy atom. The molecule has 3 heterocycles. The summed E-state index contributed by atoms with van der Waals surface area (Å²) in [6.45, 7) is 2.07. The highest BCUT2D eigenvalue weighted by Crippen LogP contribution is 2.38. The maximum Gasteiger partial charge on any atom is 0.163 e. The van der Waals surface area contributed by atoms with E-state index >= 15 is 0 Å². The molecule has 1 saturated carbocycles. The van der Waals surface area contributed by atoms with E-state index in [0.29, 0.717) is 0 Å². The van der Waals surface area contributed by atoms with E-state index in [1.807, 2.05) is 25.0 Å².